The Morgan fingerprint density at radius 2 is 2.04 bits per heavy atom. The Balaban J connectivity index is 1.33. The molecule has 27 heavy (non-hydrogen) atoms. The maximum Gasteiger partial charge on any atom is 0.254 e. The minimum atomic E-state index is -0.210. The molecule has 4 rings (SSSR count). The van der Waals surface area contributed by atoms with E-state index < -0.39 is 0 Å². The molecule has 0 bridgehead atoms. The Labute approximate surface area is 155 Å². The van der Waals surface area contributed by atoms with E-state index in [1.807, 2.05) is 24.4 Å². The van der Waals surface area contributed by atoms with Gasteiger partial charge >= 0.3 is 0 Å². The molecular weight excluding hydrogens is 344 g/mol. The second-order valence-corrected chi connectivity index (χ2v) is 6.11. The lowest BCUT2D eigenvalue weighted by molar-refractivity contribution is 0.0953. The van der Waals surface area contributed by atoms with Gasteiger partial charge in [0.05, 0.1) is 5.56 Å². The molecule has 1 aromatic carbocycles. The van der Waals surface area contributed by atoms with E-state index in [0.717, 1.165) is 11.9 Å². The van der Waals surface area contributed by atoms with Gasteiger partial charge in [0.25, 0.3) is 5.91 Å². The number of fused-ring (bicyclic) bond motifs is 1. The van der Waals surface area contributed by atoms with Crippen molar-refractivity contribution in [3.8, 4) is 0 Å². The largest absolute Gasteiger partial charge is 0.361 e. The number of hydrogen-bond acceptors (Lipinski definition) is 6. The van der Waals surface area contributed by atoms with Gasteiger partial charge in [0.2, 0.25) is 5.95 Å². The second kappa shape index (κ2) is 7.28. The smallest absolute Gasteiger partial charge is 0.254 e. The van der Waals surface area contributed by atoms with E-state index in [1.165, 1.54) is 23.3 Å². The molecule has 3 heterocycles. The number of carbonyl (C=O) groups is 1. The number of amides is 1. The Bertz CT molecular complexity index is 1070. The number of aryl methyl sites for hydroxylation is 1. The van der Waals surface area contributed by atoms with Crippen LogP contribution in [0.15, 0.2) is 53.4 Å². The lowest BCUT2D eigenvalue weighted by Crippen LogP contribution is -2.26. The van der Waals surface area contributed by atoms with Crippen molar-refractivity contribution in [3.63, 3.8) is 0 Å². The third kappa shape index (κ3) is 3.79. The van der Waals surface area contributed by atoms with E-state index in [0.29, 0.717) is 29.6 Å². The average Bonchev–Trinajstić information content (AvgIpc) is 3.28. The number of carbonyl (C=O) groups excluding carboxylic acids is 1. The van der Waals surface area contributed by atoms with Crippen LogP contribution in [0.25, 0.3) is 10.9 Å². The summed E-state index contributed by atoms with van der Waals surface area (Å²) in [5.41, 5.74) is 2.66. The molecule has 4 aromatic rings. The van der Waals surface area contributed by atoms with E-state index in [9.17, 15) is 4.79 Å². The van der Waals surface area contributed by atoms with Crippen molar-refractivity contribution in [2.24, 2.45) is 0 Å². The maximum atomic E-state index is 12.3. The molecule has 0 aliphatic rings. The van der Waals surface area contributed by atoms with Gasteiger partial charge in [-0.3, -0.25) is 4.79 Å². The number of nitrogens with zero attached hydrogens (tertiary/aromatic N) is 3. The summed E-state index contributed by atoms with van der Waals surface area (Å²) in [5.74, 6) is 1.34. The number of H-pyrrole nitrogens is 1. The van der Waals surface area contributed by atoms with Gasteiger partial charge in [-0.1, -0.05) is 23.4 Å². The SMILES string of the molecule is Cc1cc(Nc2ncc(C(=O)NCCc3c[nH]c4ccccc34)cn2)no1. The molecule has 0 radical (unpaired) electrons. The molecule has 8 nitrogen and oxygen atoms in total. The first-order valence-corrected chi connectivity index (χ1v) is 8.54. The summed E-state index contributed by atoms with van der Waals surface area (Å²) in [7, 11) is 0. The van der Waals surface area contributed by atoms with Crippen LogP contribution in [0.2, 0.25) is 0 Å². The van der Waals surface area contributed by atoms with Crippen LogP contribution in [0, 0.1) is 6.92 Å². The average molecular weight is 362 g/mol. The van der Waals surface area contributed by atoms with Gasteiger partial charge in [0.15, 0.2) is 5.82 Å². The third-order valence-corrected chi connectivity index (χ3v) is 4.14. The molecule has 0 atom stereocenters. The second-order valence-electron chi connectivity index (χ2n) is 6.11. The van der Waals surface area contributed by atoms with E-state index in [4.69, 9.17) is 4.52 Å². The van der Waals surface area contributed by atoms with Gasteiger partial charge in [-0.15, -0.1) is 0 Å². The van der Waals surface area contributed by atoms with Gasteiger partial charge in [-0.25, -0.2) is 9.97 Å². The number of rotatable bonds is 6. The monoisotopic (exact) mass is 362 g/mol. The van der Waals surface area contributed by atoms with Gasteiger partial charge in [-0.05, 0) is 25.0 Å². The van der Waals surface area contributed by atoms with Gasteiger partial charge < -0.3 is 20.1 Å². The zero-order chi connectivity index (χ0) is 18.6. The van der Waals surface area contributed by atoms with Crippen LogP contribution < -0.4 is 10.6 Å². The highest BCUT2D eigenvalue weighted by Gasteiger charge is 2.09. The molecule has 0 unspecified atom stereocenters. The Kier molecular flexibility index (Phi) is 4.52. The van der Waals surface area contributed by atoms with Crippen molar-refractivity contribution < 1.29 is 9.32 Å². The van der Waals surface area contributed by atoms with Crippen LogP contribution in [-0.2, 0) is 6.42 Å². The van der Waals surface area contributed by atoms with E-state index in [1.54, 1.807) is 13.0 Å². The third-order valence-electron chi connectivity index (χ3n) is 4.14. The quantitative estimate of drug-likeness (QED) is 0.487. The molecular formula is C19H18N6O2. The summed E-state index contributed by atoms with van der Waals surface area (Å²) in [4.78, 5) is 23.8. The summed E-state index contributed by atoms with van der Waals surface area (Å²) >= 11 is 0. The Morgan fingerprint density at radius 3 is 2.81 bits per heavy atom. The molecule has 0 saturated heterocycles. The van der Waals surface area contributed by atoms with E-state index >= 15 is 0 Å². The zero-order valence-electron chi connectivity index (χ0n) is 14.7. The summed E-state index contributed by atoms with van der Waals surface area (Å²) < 4.78 is 4.97. The van der Waals surface area contributed by atoms with Crippen molar-refractivity contribution >= 4 is 28.6 Å². The van der Waals surface area contributed by atoms with Gasteiger partial charge in [0, 0.05) is 42.1 Å². The first kappa shape index (κ1) is 16.8. The molecule has 8 heteroatoms. The summed E-state index contributed by atoms with van der Waals surface area (Å²) in [5, 5.41) is 10.8. The molecule has 0 fully saturated rings. The van der Waals surface area contributed by atoms with Crippen LogP contribution >= 0.6 is 0 Å². The van der Waals surface area contributed by atoms with Crippen molar-refractivity contribution in [1.82, 2.24) is 25.4 Å². The number of aromatic nitrogens is 4. The van der Waals surface area contributed by atoms with Gasteiger partial charge in [0.1, 0.15) is 5.76 Å². The highest BCUT2D eigenvalue weighted by molar-refractivity contribution is 5.93. The standard InChI is InChI=1S/C19H18N6O2/c1-12-8-17(25-27-12)24-19-22-10-14(11-23-19)18(26)20-7-6-13-9-21-16-5-3-2-4-15(13)16/h2-5,8-11,21H,6-7H2,1H3,(H,20,26)(H,22,23,24,25). The molecule has 136 valence electrons. The van der Waals surface area contributed by atoms with Crippen LogP contribution in [0.4, 0.5) is 11.8 Å². The normalized spacial score (nSPS) is 10.9. The molecule has 0 aliphatic heterocycles. The highest BCUT2D eigenvalue weighted by atomic mass is 16.5. The van der Waals surface area contributed by atoms with Crippen LogP contribution in [-0.4, -0.2) is 32.6 Å². The minimum absolute atomic E-state index is 0.210. The number of para-hydroxylation sites is 1. The topological polar surface area (TPSA) is 109 Å². The van der Waals surface area contributed by atoms with E-state index in [2.05, 4.69) is 36.8 Å². The lowest BCUT2D eigenvalue weighted by Gasteiger charge is -2.05. The molecule has 3 aromatic heterocycles. The van der Waals surface area contributed by atoms with Crippen LogP contribution in [0.1, 0.15) is 21.7 Å². The molecule has 0 saturated carbocycles. The maximum absolute atomic E-state index is 12.3. The minimum Gasteiger partial charge on any atom is -0.361 e. The fourth-order valence-electron chi connectivity index (χ4n) is 2.80. The van der Waals surface area contributed by atoms with E-state index in [-0.39, 0.29) is 5.91 Å². The highest BCUT2D eigenvalue weighted by Crippen LogP contribution is 2.17. The zero-order valence-corrected chi connectivity index (χ0v) is 14.7. The van der Waals surface area contributed by atoms with Crippen molar-refractivity contribution in [2.45, 2.75) is 13.3 Å². The predicted molar refractivity (Wildman–Crippen MR) is 101 cm³/mol. The van der Waals surface area contributed by atoms with Crippen molar-refractivity contribution in [3.05, 3.63) is 65.8 Å². The first-order chi connectivity index (χ1) is 13.2. The van der Waals surface area contributed by atoms with Crippen LogP contribution in [0.3, 0.4) is 0 Å². The molecule has 0 spiro atoms. The first-order valence-electron chi connectivity index (χ1n) is 8.54. The summed E-state index contributed by atoms with van der Waals surface area (Å²) in [6, 6.07) is 9.83. The number of aromatic amines is 1. The summed E-state index contributed by atoms with van der Waals surface area (Å²) in [6.45, 7) is 2.32. The fourth-order valence-corrected chi connectivity index (χ4v) is 2.80. The Hall–Kier alpha value is -3.68. The van der Waals surface area contributed by atoms with Crippen molar-refractivity contribution in [2.75, 3.05) is 11.9 Å². The molecule has 0 aliphatic carbocycles. The molecule has 1 amide bonds. The van der Waals surface area contributed by atoms with Gasteiger partial charge in [-0.2, -0.15) is 0 Å². The van der Waals surface area contributed by atoms with Crippen molar-refractivity contribution in [1.29, 1.82) is 0 Å². The number of hydrogen-bond donors (Lipinski definition) is 3. The molecule has 3 N–H and O–H groups in total. The number of nitrogens with one attached hydrogen (secondary N) is 3. The summed E-state index contributed by atoms with van der Waals surface area (Å²) in [6.07, 6.45) is 5.67. The fraction of sp³-hybridized carbons (Fsp3) is 0.158. The lowest BCUT2D eigenvalue weighted by atomic mass is 10.1. The predicted octanol–water partition coefficient (Wildman–Crippen LogP) is 2.97. The van der Waals surface area contributed by atoms with Crippen LogP contribution in [0.5, 0.6) is 0 Å². The number of benzene rings is 1. The number of anilines is 2. The Morgan fingerprint density at radius 1 is 1.22 bits per heavy atom.